The smallest absolute Gasteiger partial charge is 0.508 e. The van der Waals surface area contributed by atoms with Gasteiger partial charge in [0.05, 0.1) is 30.8 Å². The van der Waals surface area contributed by atoms with Crippen LogP contribution in [-0.2, 0) is 52.1 Å². The van der Waals surface area contributed by atoms with E-state index in [9.17, 15) is 34.4 Å². The molecular formula is C63H93NO13. The summed E-state index contributed by atoms with van der Waals surface area (Å²) in [7, 11) is 2.10. The van der Waals surface area contributed by atoms with Gasteiger partial charge in [-0.15, -0.1) is 0 Å². The largest absolute Gasteiger partial charge is 0.514 e. The number of carbonyl (C=O) groups is 4. The van der Waals surface area contributed by atoms with Crippen LogP contribution in [0.25, 0.3) is 0 Å². The Bertz CT molecular complexity index is 3340. The lowest BCUT2D eigenvalue weighted by Crippen LogP contribution is -2.26. The summed E-state index contributed by atoms with van der Waals surface area (Å²) in [6, 6.07) is 16.3. The third-order valence-corrected chi connectivity index (χ3v) is 11.0. The first-order valence-electron chi connectivity index (χ1n) is 33.4. The van der Waals surface area contributed by atoms with Crippen molar-refractivity contribution in [1.29, 1.82) is 0 Å². The molecule has 428 valence electrons. The monoisotopic (exact) mass is 1090 g/mol. The molecule has 0 aliphatic rings. The number of Topliss-reactive ketones (excluding diaryl/α,β-unsaturated/α-hetero) is 1. The van der Waals surface area contributed by atoms with E-state index < -0.39 is 103 Å². The summed E-state index contributed by atoms with van der Waals surface area (Å²) < 4.78 is 169. The van der Waals surface area contributed by atoms with Crippen molar-refractivity contribution in [2.24, 2.45) is 0 Å². The van der Waals surface area contributed by atoms with Crippen LogP contribution < -0.4 is 14.2 Å². The first-order valence-corrected chi connectivity index (χ1v) is 24.4. The average molecular weight is 1090 g/mol. The third-order valence-electron chi connectivity index (χ3n) is 11.0. The molecule has 0 spiro atoms. The van der Waals surface area contributed by atoms with Crippen molar-refractivity contribution < 1.29 is 82.3 Å². The molecule has 0 heterocycles. The molecule has 0 unspecified atom stereocenters. The molecule has 1 N–H and O–H groups in total. The van der Waals surface area contributed by atoms with E-state index >= 15 is 0 Å². The van der Waals surface area contributed by atoms with Crippen LogP contribution in [0.1, 0.15) is 247 Å². The Morgan fingerprint density at radius 1 is 0.468 bits per heavy atom. The van der Waals surface area contributed by atoms with E-state index in [-0.39, 0.29) is 61.5 Å². The molecule has 0 aliphatic carbocycles. The highest BCUT2D eigenvalue weighted by atomic mass is 16.7. The predicted octanol–water partition coefficient (Wildman–Crippen LogP) is 17.2. The molecule has 4 aromatic rings. The minimum Gasteiger partial charge on any atom is -0.508 e. The fourth-order valence-corrected chi connectivity index (χ4v) is 6.66. The van der Waals surface area contributed by atoms with E-state index in [1.807, 2.05) is 47.6 Å². The van der Waals surface area contributed by atoms with Gasteiger partial charge in [0.15, 0.2) is 5.78 Å². The lowest BCUT2D eigenvalue weighted by molar-refractivity contribution is -0.386. The van der Waals surface area contributed by atoms with Crippen LogP contribution in [0.15, 0.2) is 66.7 Å². The Kier molecular flexibility index (Phi) is 14.6. The van der Waals surface area contributed by atoms with Gasteiger partial charge in [-0.1, -0.05) is 175 Å². The molecule has 0 saturated heterocycles. The van der Waals surface area contributed by atoms with Gasteiger partial charge >= 0.3 is 18.5 Å². The van der Waals surface area contributed by atoms with E-state index in [1.54, 1.807) is 65.8 Å². The summed E-state index contributed by atoms with van der Waals surface area (Å²) in [6.07, 6.45) is -3.13. The summed E-state index contributed by atoms with van der Waals surface area (Å²) in [5, 5.41) is 21.6. The molecule has 77 heavy (non-hydrogen) atoms. The van der Waals surface area contributed by atoms with E-state index in [4.69, 9.17) is 43.6 Å². The fourth-order valence-electron chi connectivity index (χ4n) is 6.66. The van der Waals surface area contributed by atoms with Crippen molar-refractivity contribution in [2.45, 2.75) is 216 Å². The Hall–Kier alpha value is -6.44. The van der Waals surface area contributed by atoms with Gasteiger partial charge < -0.3 is 33.5 Å². The predicted molar refractivity (Wildman–Crippen MR) is 308 cm³/mol. The maximum Gasteiger partial charge on any atom is 0.514 e. The van der Waals surface area contributed by atoms with Crippen LogP contribution in [-0.4, -0.2) is 54.1 Å². The molecule has 0 amide bonds. The van der Waals surface area contributed by atoms with Gasteiger partial charge in [0.25, 0.3) is 5.69 Å². The zero-order valence-corrected chi connectivity index (χ0v) is 48.6. The lowest BCUT2D eigenvalue weighted by Gasteiger charge is -2.26. The number of carbonyl (C=O) groups excluding carboxylic acids is 4. The lowest BCUT2D eigenvalue weighted by atomic mass is 9.79. The minimum absolute atomic E-state index is 0.0603. The number of nitro benzene ring substituents is 1. The van der Waals surface area contributed by atoms with Gasteiger partial charge in [0.1, 0.15) is 28.6 Å². The van der Waals surface area contributed by atoms with E-state index in [0.29, 0.717) is 5.56 Å². The number of nitrogens with zero attached hydrogens (tertiary/aromatic N) is 1. The topological polar surface area (TPSA) is 187 Å². The number of hydrogen-bond donors (Lipinski definition) is 1. The molecule has 0 fully saturated rings. The molecule has 14 nitrogen and oxygen atoms in total. The summed E-state index contributed by atoms with van der Waals surface area (Å²) in [5.74, 6) is -0.932. The van der Waals surface area contributed by atoms with Crippen molar-refractivity contribution in [3.05, 3.63) is 121 Å². The average Bonchev–Trinajstić information content (AvgIpc) is 0.745. The number of phenols is 1. The maximum absolute atomic E-state index is 11.8. The Morgan fingerprint density at radius 2 is 0.844 bits per heavy atom. The van der Waals surface area contributed by atoms with E-state index in [1.165, 1.54) is 31.2 Å². The molecule has 0 aromatic heterocycles. The van der Waals surface area contributed by atoms with Gasteiger partial charge in [0.2, 0.25) is 0 Å². The van der Waals surface area contributed by atoms with E-state index in [0.717, 1.165) is 63.8 Å². The summed E-state index contributed by atoms with van der Waals surface area (Å²) in [5.41, 5.74) is -7.00. The zero-order chi connectivity index (χ0) is 75.4. The molecule has 0 atom stereocenters. The van der Waals surface area contributed by atoms with Gasteiger partial charge in [-0.2, -0.15) is 0 Å². The van der Waals surface area contributed by atoms with Gasteiger partial charge in [-0.25, -0.2) is 14.4 Å². The molecular weight excluding hydrogens is 979 g/mol. The quantitative estimate of drug-likeness (QED) is 0.0497. The molecule has 0 radical (unpaired) electrons. The fraction of sp³-hybridized carbons (Fsp3) is 0.556. The number of benzene rings is 4. The first kappa shape index (κ1) is 43.5. The van der Waals surface area contributed by atoms with Crippen LogP contribution in [0, 0.1) is 10.1 Å². The molecule has 0 aliphatic heterocycles. The van der Waals surface area contributed by atoms with Crippen molar-refractivity contribution in [3.8, 4) is 23.0 Å². The molecule has 14 heteroatoms. The summed E-state index contributed by atoms with van der Waals surface area (Å²) in [4.78, 5) is 57.5. The normalized spacial score (nSPS) is 16.6. The second-order valence-electron chi connectivity index (χ2n) is 23.9. The van der Waals surface area contributed by atoms with Crippen LogP contribution in [0.4, 0.5) is 20.1 Å². The summed E-state index contributed by atoms with van der Waals surface area (Å²) >= 11 is 0. The number of aromatic hydroxyl groups is 1. The second kappa shape index (κ2) is 25.8. The highest BCUT2D eigenvalue weighted by Crippen LogP contribution is 2.42. The third kappa shape index (κ3) is 22.2. The van der Waals surface area contributed by atoms with Crippen LogP contribution in [0.2, 0.25) is 0 Å². The number of rotatable bonds is 5. The number of methoxy groups -OCH3 is 2. The number of ether oxygens (including phenoxy) is 6. The Morgan fingerprint density at radius 3 is 1.23 bits per heavy atom. The maximum atomic E-state index is 11.8. The van der Waals surface area contributed by atoms with Crippen molar-refractivity contribution in [3.63, 3.8) is 0 Å². The van der Waals surface area contributed by atoms with Crippen LogP contribution >= 0.6 is 0 Å². The number of ketones is 1. The highest BCUT2D eigenvalue weighted by Gasteiger charge is 2.32. The van der Waals surface area contributed by atoms with Crippen LogP contribution in [0.3, 0.4) is 0 Å². The second-order valence-corrected chi connectivity index (χ2v) is 23.9. The molecule has 0 bridgehead atoms. The number of phenolic OH excluding ortho intramolecular Hbond substituents is 1. The zero-order valence-electron chi connectivity index (χ0n) is 66.6. The molecule has 0 saturated carbocycles. The van der Waals surface area contributed by atoms with E-state index in [2.05, 4.69) is 30.2 Å². The first-order chi connectivity index (χ1) is 41.9. The molecule has 4 aromatic carbocycles. The number of hydrogen-bond acceptors (Lipinski definition) is 13. The van der Waals surface area contributed by atoms with Gasteiger partial charge in [-0.05, 0) is 118 Å². The molecule has 4 rings (SSSR count). The van der Waals surface area contributed by atoms with Crippen molar-refractivity contribution in [1.82, 2.24) is 0 Å². The number of nitro groups is 1. The Balaban J connectivity index is 0.000000638. The Labute approximate surface area is 486 Å². The summed E-state index contributed by atoms with van der Waals surface area (Å²) in [6.45, 7) is 15.3. The van der Waals surface area contributed by atoms with Gasteiger partial charge in [-0.3, -0.25) is 14.9 Å². The SMILES string of the molecule is CC(=O)c1cc(C(C)(C)C)ccc1OC(=O)OC(C)(C)C.[2H]C([2H])([2H])C(C)(c1cc(C(C)(C)C)c([N+](=O)[O-])cc1OC(=O)OC)C([2H])([2H])[2H].[2H]C([2H])([2H])C(C)(c1cc(C(C)(C)C)ccc1O)C([2H])([2H])[2H].[2H]C([2H])([2H])C(C)(c1cc(C(C)(C)C)ccc1OC(=O)OC)C([2H])([2H])[2H]. The highest BCUT2D eigenvalue weighted by molar-refractivity contribution is 5.97. The van der Waals surface area contributed by atoms with Gasteiger partial charge in [0, 0.05) is 41.4 Å². The van der Waals surface area contributed by atoms with Crippen LogP contribution in [0.5, 0.6) is 23.0 Å². The van der Waals surface area contributed by atoms with Crippen molar-refractivity contribution >= 4 is 29.9 Å². The van der Waals surface area contributed by atoms with Crippen molar-refractivity contribution in [2.75, 3.05) is 14.2 Å². The standard InChI is InChI=1S/C17H24O4.C16H23NO5.C16H24O3.C14H22O/c1-11(18)13-10-12(16(2,3)4)8-9-14(13)20-15(19)21-17(5,6)7;1-15(2,3)10-8-11(16(4,5)6)13(22-14(18)21-7)9-12(10)17(19)20;1-15(2,3)11-8-9-13(19-14(17)18-7)12(10-11)16(4,5)6;1-13(2,3)10-7-8-12(15)11(9-10)14(4,5)6/h8-10H,1-7H3;8-9H,1-7H3;8-10H,1-7H3;7-9,15H,1-6H3/i;3*4D3,5D3. The minimum atomic E-state index is -3.04.